The van der Waals surface area contributed by atoms with Crippen molar-refractivity contribution in [1.29, 1.82) is 0 Å². The van der Waals surface area contributed by atoms with Crippen LogP contribution in [0.15, 0.2) is 24.3 Å². The number of aliphatic carboxylic acids is 1. The number of carboxylic acid groups (broad SMARTS) is 1. The fourth-order valence-corrected chi connectivity index (χ4v) is 1.35. The van der Waals surface area contributed by atoms with Gasteiger partial charge in [0.1, 0.15) is 5.82 Å². The highest BCUT2D eigenvalue weighted by atomic mass is 19.1. The maximum Gasteiger partial charge on any atom is 0.328 e. The van der Waals surface area contributed by atoms with Crippen LogP contribution >= 0.6 is 0 Å². The zero-order valence-electron chi connectivity index (χ0n) is 10.1. The Balaban J connectivity index is 2.65. The molecule has 0 aromatic heterocycles. The maximum atomic E-state index is 13.3. The predicted octanol–water partition coefficient (Wildman–Crippen LogP) is 2.09. The molecular formula is C13H15FO4. The highest BCUT2D eigenvalue weighted by molar-refractivity contribution is 5.85. The van der Waals surface area contributed by atoms with Crippen LogP contribution in [-0.4, -0.2) is 31.4 Å². The van der Waals surface area contributed by atoms with Gasteiger partial charge in [0, 0.05) is 13.2 Å². The van der Waals surface area contributed by atoms with E-state index in [-0.39, 0.29) is 6.61 Å². The van der Waals surface area contributed by atoms with E-state index in [2.05, 4.69) is 0 Å². The van der Waals surface area contributed by atoms with Crippen LogP contribution in [0.5, 0.6) is 0 Å². The Morgan fingerprint density at radius 3 is 2.83 bits per heavy atom. The summed E-state index contributed by atoms with van der Waals surface area (Å²) in [4.78, 5) is 10.4. The van der Waals surface area contributed by atoms with Gasteiger partial charge in [-0.15, -0.1) is 0 Å². The molecule has 0 saturated carbocycles. The lowest BCUT2D eigenvalue weighted by molar-refractivity contribution is -0.131. The van der Waals surface area contributed by atoms with Gasteiger partial charge < -0.3 is 14.6 Å². The standard InChI is InChI=1S/C13H15FO4/c1-17-4-5-18-9-11-6-10(2-3-13(15)16)7-12(14)8-11/h2-3,6-8H,4-5,9H2,1H3,(H,15,16). The van der Waals surface area contributed by atoms with E-state index >= 15 is 0 Å². The van der Waals surface area contributed by atoms with E-state index in [9.17, 15) is 9.18 Å². The van der Waals surface area contributed by atoms with Crippen LogP contribution in [0.2, 0.25) is 0 Å². The summed E-state index contributed by atoms with van der Waals surface area (Å²) >= 11 is 0. The second kappa shape index (κ2) is 7.58. The van der Waals surface area contributed by atoms with E-state index < -0.39 is 11.8 Å². The van der Waals surface area contributed by atoms with Gasteiger partial charge in [-0.1, -0.05) is 0 Å². The van der Waals surface area contributed by atoms with Crippen molar-refractivity contribution >= 4 is 12.0 Å². The molecule has 98 valence electrons. The molecule has 0 fully saturated rings. The van der Waals surface area contributed by atoms with Crippen molar-refractivity contribution in [2.24, 2.45) is 0 Å². The van der Waals surface area contributed by atoms with Gasteiger partial charge in [0.05, 0.1) is 19.8 Å². The number of hydrogen-bond donors (Lipinski definition) is 1. The molecule has 0 unspecified atom stereocenters. The molecule has 1 N–H and O–H groups in total. The molecule has 1 aromatic carbocycles. The van der Waals surface area contributed by atoms with Gasteiger partial charge in [0.2, 0.25) is 0 Å². The zero-order valence-corrected chi connectivity index (χ0v) is 10.1. The number of carbonyl (C=O) groups is 1. The van der Waals surface area contributed by atoms with Crippen LogP contribution < -0.4 is 0 Å². The summed E-state index contributed by atoms with van der Waals surface area (Å²) in [6.45, 7) is 1.16. The van der Waals surface area contributed by atoms with Crippen molar-refractivity contribution in [2.75, 3.05) is 20.3 Å². The number of benzene rings is 1. The lowest BCUT2D eigenvalue weighted by Crippen LogP contribution is -2.02. The molecule has 0 spiro atoms. The highest BCUT2D eigenvalue weighted by Gasteiger charge is 2.00. The molecular weight excluding hydrogens is 239 g/mol. The highest BCUT2D eigenvalue weighted by Crippen LogP contribution is 2.12. The minimum atomic E-state index is -1.07. The summed E-state index contributed by atoms with van der Waals surface area (Å²) in [5.74, 6) is -1.50. The Hall–Kier alpha value is -1.72. The summed E-state index contributed by atoms with van der Waals surface area (Å²) in [5, 5.41) is 8.49. The first-order valence-corrected chi connectivity index (χ1v) is 5.39. The third-order valence-corrected chi connectivity index (χ3v) is 2.10. The third kappa shape index (κ3) is 5.56. The van der Waals surface area contributed by atoms with Gasteiger partial charge in [-0.05, 0) is 35.4 Å². The average Bonchev–Trinajstić information content (AvgIpc) is 2.32. The monoisotopic (exact) mass is 254 g/mol. The van der Waals surface area contributed by atoms with Crippen molar-refractivity contribution in [3.8, 4) is 0 Å². The molecule has 0 aliphatic heterocycles. The molecule has 0 aliphatic rings. The summed E-state index contributed by atoms with van der Waals surface area (Å²) in [6, 6.07) is 4.29. The van der Waals surface area contributed by atoms with Crippen molar-refractivity contribution < 1.29 is 23.8 Å². The second-order valence-corrected chi connectivity index (χ2v) is 3.61. The van der Waals surface area contributed by atoms with Gasteiger partial charge in [0.25, 0.3) is 0 Å². The van der Waals surface area contributed by atoms with E-state index in [1.807, 2.05) is 0 Å². The lowest BCUT2D eigenvalue weighted by atomic mass is 10.1. The molecule has 0 bridgehead atoms. The first kappa shape index (κ1) is 14.3. The van der Waals surface area contributed by atoms with Gasteiger partial charge in [-0.25, -0.2) is 9.18 Å². The number of rotatable bonds is 7. The van der Waals surface area contributed by atoms with E-state index in [0.29, 0.717) is 24.3 Å². The number of hydrogen-bond acceptors (Lipinski definition) is 3. The lowest BCUT2D eigenvalue weighted by Gasteiger charge is -2.05. The molecule has 0 atom stereocenters. The van der Waals surface area contributed by atoms with Crippen LogP contribution in [0.3, 0.4) is 0 Å². The minimum Gasteiger partial charge on any atom is -0.478 e. The zero-order chi connectivity index (χ0) is 13.4. The number of methoxy groups -OCH3 is 1. The smallest absolute Gasteiger partial charge is 0.328 e. The first-order chi connectivity index (χ1) is 8.61. The Morgan fingerprint density at radius 1 is 1.39 bits per heavy atom. The predicted molar refractivity (Wildman–Crippen MR) is 64.6 cm³/mol. The van der Waals surface area contributed by atoms with E-state index in [1.165, 1.54) is 18.2 Å². The van der Waals surface area contributed by atoms with Crippen LogP contribution in [0.4, 0.5) is 4.39 Å². The molecule has 0 radical (unpaired) electrons. The van der Waals surface area contributed by atoms with E-state index in [0.717, 1.165) is 6.08 Å². The summed E-state index contributed by atoms with van der Waals surface area (Å²) in [7, 11) is 1.57. The number of ether oxygens (including phenoxy) is 2. The molecule has 0 aliphatic carbocycles. The fourth-order valence-electron chi connectivity index (χ4n) is 1.35. The normalized spacial score (nSPS) is 11.0. The largest absolute Gasteiger partial charge is 0.478 e. The second-order valence-electron chi connectivity index (χ2n) is 3.61. The topological polar surface area (TPSA) is 55.8 Å². The summed E-state index contributed by atoms with van der Waals surface area (Å²) in [5.41, 5.74) is 1.14. The molecule has 5 heteroatoms. The van der Waals surface area contributed by atoms with Crippen LogP contribution in [0.25, 0.3) is 6.08 Å². The minimum absolute atomic E-state index is 0.259. The van der Waals surface area contributed by atoms with Crippen LogP contribution in [-0.2, 0) is 20.9 Å². The Morgan fingerprint density at radius 2 is 2.17 bits per heavy atom. The quantitative estimate of drug-likeness (QED) is 0.598. The van der Waals surface area contributed by atoms with Gasteiger partial charge in [0.15, 0.2) is 0 Å². The molecule has 0 heterocycles. The van der Waals surface area contributed by atoms with Gasteiger partial charge >= 0.3 is 5.97 Å². The molecule has 18 heavy (non-hydrogen) atoms. The van der Waals surface area contributed by atoms with Crippen molar-refractivity contribution in [2.45, 2.75) is 6.61 Å². The number of halogens is 1. The first-order valence-electron chi connectivity index (χ1n) is 5.39. The van der Waals surface area contributed by atoms with E-state index in [1.54, 1.807) is 13.2 Å². The SMILES string of the molecule is COCCOCc1cc(F)cc(C=CC(=O)O)c1. The molecule has 1 aromatic rings. The Bertz CT molecular complexity index is 429. The molecule has 0 saturated heterocycles. The fraction of sp³-hybridized carbons (Fsp3) is 0.308. The van der Waals surface area contributed by atoms with Crippen LogP contribution in [0.1, 0.15) is 11.1 Å². The van der Waals surface area contributed by atoms with Crippen LogP contribution in [0, 0.1) is 5.82 Å². The average molecular weight is 254 g/mol. The Labute approximate surface area is 105 Å². The molecule has 0 amide bonds. The summed E-state index contributed by atoms with van der Waals surface area (Å²) < 4.78 is 23.3. The van der Waals surface area contributed by atoms with E-state index in [4.69, 9.17) is 14.6 Å². The van der Waals surface area contributed by atoms with Crippen molar-refractivity contribution in [3.63, 3.8) is 0 Å². The molecule has 1 rings (SSSR count). The van der Waals surface area contributed by atoms with Gasteiger partial charge in [-0.3, -0.25) is 0 Å². The van der Waals surface area contributed by atoms with Crippen molar-refractivity contribution in [3.05, 3.63) is 41.2 Å². The third-order valence-electron chi connectivity index (χ3n) is 2.10. The molecule has 4 nitrogen and oxygen atoms in total. The number of carboxylic acids is 1. The Kier molecular flexibility index (Phi) is 6.04. The maximum absolute atomic E-state index is 13.3. The summed E-state index contributed by atoms with van der Waals surface area (Å²) in [6.07, 6.45) is 2.30. The van der Waals surface area contributed by atoms with Gasteiger partial charge in [-0.2, -0.15) is 0 Å². The van der Waals surface area contributed by atoms with Crippen molar-refractivity contribution in [1.82, 2.24) is 0 Å².